The monoisotopic (exact) mass is 346 g/mol. The summed E-state index contributed by atoms with van der Waals surface area (Å²) in [5, 5.41) is 9.06. The minimum atomic E-state index is -0.667. The smallest absolute Gasteiger partial charge is 0.303 e. The molecule has 1 aromatic rings. The van der Waals surface area contributed by atoms with Gasteiger partial charge in [0, 0.05) is 0 Å². The largest absolute Gasteiger partial charge is 0.481 e. The molecule has 0 spiro atoms. The van der Waals surface area contributed by atoms with Crippen molar-refractivity contribution in [2.24, 2.45) is 5.92 Å². The van der Waals surface area contributed by atoms with Crippen LogP contribution in [0.3, 0.4) is 0 Å². The Hall–Kier alpha value is -1.31. The molecule has 1 N–H and O–H groups in total. The van der Waals surface area contributed by atoms with Crippen molar-refractivity contribution in [1.29, 1.82) is 0 Å². The lowest BCUT2D eigenvalue weighted by molar-refractivity contribution is -0.137. The van der Waals surface area contributed by atoms with Crippen LogP contribution in [0.25, 0.3) is 0 Å². The van der Waals surface area contributed by atoms with Gasteiger partial charge in [-0.05, 0) is 54.2 Å². The van der Waals surface area contributed by atoms with Gasteiger partial charge in [0.2, 0.25) is 0 Å². The number of hydrogen-bond donors (Lipinski definition) is 1. The number of carboxylic acid groups (broad SMARTS) is 1. The van der Waals surface area contributed by atoms with Crippen molar-refractivity contribution in [3.8, 4) is 0 Å². The van der Waals surface area contributed by atoms with E-state index in [4.69, 9.17) is 5.11 Å². The second-order valence-electron chi connectivity index (χ2n) is 6.93. The zero-order chi connectivity index (χ0) is 18.7. The second kappa shape index (κ2) is 12.1. The van der Waals surface area contributed by atoms with Crippen LogP contribution in [-0.4, -0.2) is 11.1 Å². The molecule has 2 aliphatic carbocycles. The molecule has 142 valence electrons. The van der Waals surface area contributed by atoms with Crippen molar-refractivity contribution in [3.63, 3.8) is 0 Å². The lowest BCUT2D eigenvalue weighted by atomic mass is 9.79. The van der Waals surface area contributed by atoms with E-state index in [9.17, 15) is 4.79 Å². The number of carbonyl (C=O) groups is 1. The first-order chi connectivity index (χ1) is 12.2. The van der Waals surface area contributed by atoms with Crippen LogP contribution in [0.2, 0.25) is 0 Å². The highest BCUT2D eigenvalue weighted by atomic mass is 16.4. The van der Waals surface area contributed by atoms with Gasteiger partial charge >= 0.3 is 5.97 Å². The van der Waals surface area contributed by atoms with E-state index in [2.05, 4.69) is 18.2 Å². The lowest BCUT2D eigenvalue weighted by Gasteiger charge is -2.26. The maximum atomic E-state index is 11.0. The average molecular weight is 347 g/mol. The summed E-state index contributed by atoms with van der Waals surface area (Å²) in [5.74, 6) is 0.435. The van der Waals surface area contributed by atoms with Crippen LogP contribution in [0.15, 0.2) is 18.2 Å². The number of aryl methyl sites for hydroxylation is 1. The summed E-state index contributed by atoms with van der Waals surface area (Å²) in [4.78, 5) is 11.0. The zero-order valence-electron chi connectivity index (χ0n) is 16.8. The number of benzene rings is 1. The van der Waals surface area contributed by atoms with E-state index in [1.54, 1.807) is 0 Å². The predicted molar refractivity (Wildman–Crippen MR) is 107 cm³/mol. The van der Waals surface area contributed by atoms with Crippen molar-refractivity contribution in [2.45, 2.75) is 97.8 Å². The van der Waals surface area contributed by atoms with Gasteiger partial charge in [0.25, 0.3) is 0 Å². The fourth-order valence-corrected chi connectivity index (χ4v) is 4.24. The van der Waals surface area contributed by atoms with E-state index in [1.165, 1.54) is 55.2 Å². The Kier molecular flexibility index (Phi) is 10.5. The van der Waals surface area contributed by atoms with Crippen molar-refractivity contribution in [2.75, 3.05) is 0 Å². The number of carboxylic acids is 1. The molecule has 1 saturated carbocycles. The van der Waals surface area contributed by atoms with E-state index < -0.39 is 5.97 Å². The molecule has 0 bridgehead atoms. The fraction of sp³-hybridized carbons (Fsp3) is 0.696. The molecule has 0 saturated heterocycles. The maximum absolute atomic E-state index is 11.0. The molecule has 25 heavy (non-hydrogen) atoms. The highest BCUT2D eigenvalue weighted by molar-refractivity contribution is 5.68. The van der Waals surface area contributed by atoms with E-state index in [0.717, 1.165) is 25.2 Å². The fourth-order valence-electron chi connectivity index (χ4n) is 4.24. The van der Waals surface area contributed by atoms with Crippen LogP contribution < -0.4 is 0 Å². The number of aliphatic carboxylic acids is 1. The third kappa shape index (κ3) is 6.84. The average Bonchev–Trinajstić information content (AvgIpc) is 2.65. The third-order valence-corrected chi connectivity index (χ3v) is 5.32. The first kappa shape index (κ1) is 21.7. The molecular weight excluding hydrogens is 308 g/mol. The van der Waals surface area contributed by atoms with Gasteiger partial charge in [-0.1, -0.05) is 78.0 Å². The van der Waals surface area contributed by atoms with Crippen LogP contribution in [0.5, 0.6) is 0 Å². The van der Waals surface area contributed by atoms with E-state index >= 15 is 0 Å². The molecule has 2 heteroatoms. The molecule has 0 radical (unpaired) electrons. The predicted octanol–water partition coefficient (Wildman–Crippen LogP) is 6.76. The molecule has 0 amide bonds. The molecule has 1 atom stereocenters. The molecule has 2 aliphatic rings. The zero-order valence-corrected chi connectivity index (χ0v) is 16.8. The summed E-state index contributed by atoms with van der Waals surface area (Å²) < 4.78 is 0. The Morgan fingerprint density at radius 1 is 1.00 bits per heavy atom. The summed E-state index contributed by atoms with van der Waals surface area (Å²) in [6.45, 7) is 8.00. The van der Waals surface area contributed by atoms with Crippen molar-refractivity contribution in [3.05, 3.63) is 34.9 Å². The Morgan fingerprint density at radius 2 is 1.68 bits per heavy atom. The third-order valence-electron chi connectivity index (χ3n) is 5.32. The number of fused-ring (bicyclic) bond motifs is 1. The summed E-state index contributed by atoms with van der Waals surface area (Å²) in [6.07, 6.45) is 11.8. The van der Waals surface area contributed by atoms with Gasteiger partial charge in [0.1, 0.15) is 0 Å². The minimum Gasteiger partial charge on any atom is -0.481 e. The van der Waals surface area contributed by atoms with Crippen molar-refractivity contribution >= 4 is 5.97 Å². The Labute approximate surface area is 155 Å². The second-order valence-corrected chi connectivity index (χ2v) is 6.93. The first-order valence-electron chi connectivity index (χ1n) is 10.6. The van der Waals surface area contributed by atoms with Gasteiger partial charge in [0.05, 0.1) is 6.42 Å². The number of hydrogen-bond acceptors (Lipinski definition) is 1. The molecule has 0 aromatic heterocycles. The molecule has 1 fully saturated rings. The molecule has 0 heterocycles. The van der Waals surface area contributed by atoms with Crippen LogP contribution >= 0.6 is 0 Å². The van der Waals surface area contributed by atoms with Crippen LogP contribution in [0, 0.1) is 5.92 Å². The Bertz CT molecular complexity index is 501. The summed E-state index contributed by atoms with van der Waals surface area (Å²) in [5.41, 5.74) is 4.19. The summed E-state index contributed by atoms with van der Waals surface area (Å²) >= 11 is 0. The van der Waals surface area contributed by atoms with Gasteiger partial charge < -0.3 is 5.11 Å². The highest BCUT2D eigenvalue weighted by Gasteiger charge is 2.23. The maximum Gasteiger partial charge on any atom is 0.303 e. The molecule has 2 nitrogen and oxygen atoms in total. The van der Waals surface area contributed by atoms with Crippen LogP contribution in [0.4, 0.5) is 0 Å². The Balaban J connectivity index is 0.000000730. The Morgan fingerprint density at radius 3 is 2.32 bits per heavy atom. The number of rotatable bonds is 4. The minimum absolute atomic E-state index is 0.231. The molecule has 1 aromatic carbocycles. The van der Waals surface area contributed by atoms with E-state index in [0.29, 0.717) is 0 Å². The SMILES string of the molecule is CC.CC.O=C(O)CC1CCCc2cc(CC3CCCCC3)ccc21. The van der Waals surface area contributed by atoms with E-state index in [1.807, 2.05) is 27.7 Å². The van der Waals surface area contributed by atoms with Crippen molar-refractivity contribution in [1.82, 2.24) is 0 Å². The molecular formula is C23H38O2. The highest BCUT2D eigenvalue weighted by Crippen LogP contribution is 2.35. The van der Waals surface area contributed by atoms with Gasteiger partial charge in [-0.25, -0.2) is 0 Å². The summed E-state index contributed by atoms with van der Waals surface area (Å²) in [7, 11) is 0. The normalized spacial score (nSPS) is 19.6. The van der Waals surface area contributed by atoms with Gasteiger partial charge in [-0.15, -0.1) is 0 Å². The van der Waals surface area contributed by atoms with Crippen LogP contribution in [-0.2, 0) is 17.6 Å². The topological polar surface area (TPSA) is 37.3 Å². The molecule has 1 unspecified atom stereocenters. The van der Waals surface area contributed by atoms with Crippen LogP contribution in [0.1, 0.15) is 102 Å². The quantitative estimate of drug-likeness (QED) is 0.654. The van der Waals surface area contributed by atoms with E-state index in [-0.39, 0.29) is 12.3 Å². The molecule has 0 aliphatic heterocycles. The first-order valence-corrected chi connectivity index (χ1v) is 10.6. The molecule has 3 rings (SSSR count). The standard InChI is InChI=1S/C19H26O2.2C2H6/c20-19(21)13-17-8-4-7-16-12-15(9-10-18(16)17)11-14-5-2-1-3-6-14;2*1-2/h9-10,12,14,17H,1-8,11,13H2,(H,20,21);2*1-2H3. The lowest BCUT2D eigenvalue weighted by Crippen LogP contribution is -2.15. The van der Waals surface area contributed by atoms with Gasteiger partial charge in [-0.3, -0.25) is 4.79 Å². The van der Waals surface area contributed by atoms with Crippen molar-refractivity contribution < 1.29 is 9.90 Å². The van der Waals surface area contributed by atoms with Gasteiger partial charge in [0.15, 0.2) is 0 Å². The summed E-state index contributed by atoms with van der Waals surface area (Å²) in [6, 6.07) is 6.85. The van der Waals surface area contributed by atoms with Gasteiger partial charge in [-0.2, -0.15) is 0 Å².